The molecule has 0 saturated carbocycles. The van der Waals surface area contributed by atoms with Gasteiger partial charge in [-0.25, -0.2) is 4.98 Å². The molecule has 0 aliphatic rings. The number of aromatic nitrogens is 3. The first-order valence-electron chi connectivity index (χ1n) is 23.6. The van der Waals surface area contributed by atoms with Crippen molar-refractivity contribution in [2.24, 2.45) is 0 Å². The Morgan fingerprint density at radius 3 is 1.77 bits per heavy atom. The number of aromatic hydroxyl groups is 1. The van der Waals surface area contributed by atoms with Crippen LogP contribution in [0.4, 0.5) is 0 Å². The highest BCUT2D eigenvalue weighted by atomic mass is 16.3. The summed E-state index contributed by atoms with van der Waals surface area (Å²) in [4.78, 5) is 10.5. The second kappa shape index (κ2) is 16.7. The number of hydrogen-bond donors (Lipinski definition) is 1. The Hall–Kier alpha value is -7.82. The third-order valence-corrected chi connectivity index (χ3v) is 12.4. The van der Waals surface area contributed by atoms with Crippen molar-refractivity contribution in [1.29, 1.82) is 0 Å². The van der Waals surface area contributed by atoms with Crippen LogP contribution in [0.2, 0.25) is 0 Å². The molecule has 0 aliphatic carbocycles. The van der Waals surface area contributed by atoms with Crippen LogP contribution in [-0.4, -0.2) is 19.6 Å². The van der Waals surface area contributed by atoms with Gasteiger partial charge in [0.2, 0.25) is 0 Å². The summed E-state index contributed by atoms with van der Waals surface area (Å²) in [6, 6.07) is 63.6. The van der Waals surface area contributed by atoms with E-state index < -0.39 is 6.85 Å². The molecule has 10 rings (SSSR count). The molecule has 10 aromatic rings. The van der Waals surface area contributed by atoms with Crippen molar-refractivity contribution >= 4 is 11.0 Å². The van der Waals surface area contributed by atoms with Gasteiger partial charge in [-0.15, -0.1) is 0 Å². The minimum atomic E-state index is -2.41. The van der Waals surface area contributed by atoms with Crippen LogP contribution in [0.15, 0.2) is 194 Å². The lowest BCUT2D eigenvalue weighted by atomic mass is 9.83. The van der Waals surface area contributed by atoms with Crippen LogP contribution < -0.4 is 0 Å². The van der Waals surface area contributed by atoms with Crippen molar-refractivity contribution in [3.05, 3.63) is 217 Å². The van der Waals surface area contributed by atoms with Crippen molar-refractivity contribution in [3.63, 3.8) is 0 Å². The molecule has 0 aliphatic heterocycles. The molecule has 2 heterocycles. The normalized spacial score (nSPS) is 12.5. The molecule has 0 fully saturated rings. The number of fused-ring (bicyclic) bond motifs is 1. The Labute approximate surface area is 386 Å². The lowest BCUT2D eigenvalue weighted by Gasteiger charge is -2.22. The van der Waals surface area contributed by atoms with Gasteiger partial charge in [-0.05, 0) is 141 Å². The lowest BCUT2D eigenvalue weighted by Crippen LogP contribution is -2.11. The number of hydrogen-bond acceptors (Lipinski definition) is 3. The molecule has 0 bridgehead atoms. The van der Waals surface area contributed by atoms with Gasteiger partial charge in [-0.2, -0.15) is 0 Å². The smallest absolute Gasteiger partial charge is 0.149 e. The molecular weight excluding hydrogens is 791 g/mol. The minimum absolute atomic E-state index is 0.134. The van der Waals surface area contributed by atoms with Crippen LogP contribution >= 0.6 is 0 Å². The number of phenols is 1. The van der Waals surface area contributed by atoms with Crippen LogP contribution in [0.25, 0.3) is 95.0 Å². The summed E-state index contributed by atoms with van der Waals surface area (Å²) >= 11 is 0. The highest BCUT2D eigenvalue weighted by Crippen LogP contribution is 2.44. The van der Waals surface area contributed by atoms with Gasteiger partial charge < -0.3 is 5.11 Å². The van der Waals surface area contributed by atoms with E-state index >= 15 is 0 Å². The number of imidazole rings is 1. The van der Waals surface area contributed by atoms with Gasteiger partial charge in [-0.1, -0.05) is 160 Å². The molecular formula is C61H51N3O. The molecule has 0 unspecified atom stereocenters. The number of nitrogens with zero attached hydrogens (tertiary/aromatic N) is 3. The van der Waals surface area contributed by atoms with E-state index in [1.54, 1.807) is 0 Å². The van der Waals surface area contributed by atoms with Gasteiger partial charge in [0.05, 0.1) is 28.0 Å². The SMILES string of the molecule is [2H]C([2H])([2H])c1cc(-c2ccccc2)c(-n2c(-c3cc(C)cc(C)c3O)nc3c(-c4cc(-c5cc(-c6ccc(-c7ccccc7)cc6)ccn5)cc(C(C)(C)C)c4)cccc32)cc1-c1ccccc1. The van der Waals surface area contributed by atoms with E-state index in [2.05, 4.69) is 122 Å². The molecule has 0 atom stereocenters. The Morgan fingerprint density at radius 2 is 1.11 bits per heavy atom. The van der Waals surface area contributed by atoms with Gasteiger partial charge in [0.25, 0.3) is 0 Å². The van der Waals surface area contributed by atoms with Crippen LogP contribution in [-0.2, 0) is 5.41 Å². The van der Waals surface area contributed by atoms with E-state index in [0.29, 0.717) is 17.0 Å². The maximum atomic E-state index is 12.0. The Balaban J connectivity index is 1.22. The first-order chi connectivity index (χ1) is 32.7. The zero-order valence-corrected chi connectivity index (χ0v) is 37.3. The Bertz CT molecular complexity index is 3480. The van der Waals surface area contributed by atoms with Gasteiger partial charge in [-0.3, -0.25) is 9.55 Å². The first kappa shape index (κ1) is 37.7. The maximum Gasteiger partial charge on any atom is 0.149 e. The van der Waals surface area contributed by atoms with E-state index in [4.69, 9.17) is 14.1 Å². The van der Waals surface area contributed by atoms with Gasteiger partial charge >= 0.3 is 0 Å². The minimum Gasteiger partial charge on any atom is -0.507 e. The topological polar surface area (TPSA) is 50.9 Å². The van der Waals surface area contributed by atoms with Crippen molar-refractivity contribution < 1.29 is 9.22 Å². The van der Waals surface area contributed by atoms with Gasteiger partial charge in [0.15, 0.2) is 0 Å². The van der Waals surface area contributed by atoms with E-state index in [0.717, 1.165) is 83.6 Å². The molecule has 8 aromatic carbocycles. The summed E-state index contributed by atoms with van der Waals surface area (Å²) in [5.74, 6) is 0.671. The second-order valence-electron chi connectivity index (χ2n) is 18.0. The molecule has 4 nitrogen and oxygen atoms in total. The van der Waals surface area contributed by atoms with E-state index in [9.17, 15) is 5.11 Å². The zero-order valence-electron chi connectivity index (χ0n) is 40.3. The molecule has 1 N–H and O–H groups in total. The number of aryl methyl sites for hydroxylation is 3. The quantitative estimate of drug-likeness (QED) is 0.166. The predicted octanol–water partition coefficient (Wildman–Crippen LogP) is 16.0. The Morgan fingerprint density at radius 1 is 0.492 bits per heavy atom. The third-order valence-electron chi connectivity index (χ3n) is 12.4. The summed E-state index contributed by atoms with van der Waals surface area (Å²) < 4.78 is 28.5. The van der Waals surface area contributed by atoms with Gasteiger partial charge in [0, 0.05) is 27.0 Å². The number of phenolic OH excluding ortho intramolecular Hbond substituents is 1. The van der Waals surface area contributed by atoms with Crippen molar-refractivity contribution in [2.75, 3.05) is 0 Å². The van der Waals surface area contributed by atoms with Crippen molar-refractivity contribution in [1.82, 2.24) is 14.5 Å². The summed E-state index contributed by atoms with van der Waals surface area (Å²) in [6.45, 7) is 8.18. The standard InChI is InChI=1S/C61H51N3O/c1-39-31-41(3)59(65)54(32-39)60-63-58-51(23-16-24-56(58)64(60)57-38-52(45-19-12-8-13-20-45)40(2)33-53(57)46-21-14-9-15-22-46)48-34-49(36-50(35-48)61(4,5)6)55-37-47(29-30-62-55)44-27-25-43(26-28-44)42-17-10-7-11-18-42/h7-38,65H,1-6H3/i2D3. The third kappa shape index (κ3) is 7.93. The summed E-state index contributed by atoms with van der Waals surface area (Å²) in [5.41, 5.74) is 17.0. The van der Waals surface area contributed by atoms with Crippen LogP contribution in [0.5, 0.6) is 5.75 Å². The second-order valence-corrected chi connectivity index (χ2v) is 18.0. The van der Waals surface area contributed by atoms with Crippen LogP contribution in [0.3, 0.4) is 0 Å². The van der Waals surface area contributed by atoms with Gasteiger partial charge in [0.1, 0.15) is 11.6 Å². The first-order valence-corrected chi connectivity index (χ1v) is 22.1. The maximum absolute atomic E-state index is 12.0. The molecule has 0 saturated heterocycles. The summed E-state index contributed by atoms with van der Waals surface area (Å²) in [7, 11) is 0. The highest BCUT2D eigenvalue weighted by Gasteiger charge is 2.25. The van der Waals surface area contributed by atoms with Crippen molar-refractivity contribution in [2.45, 2.75) is 46.9 Å². The summed E-state index contributed by atoms with van der Waals surface area (Å²) in [5, 5.41) is 12.0. The fourth-order valence-corrected chi connectivity index (χ4v) is 8.98. The van der Waals surface area contributed by atoms with Crippen LogP contribution in [0.1, 0.15) is 47.1 Å². The molecule has 0 radical (unpaired) electrons. The number of benzene rings is 8. The predicted molar refractivity (Wildman–Crippen MR) is 271 cm³/mol. The molecule has 0 spiro atoms. The van der Waals surface area contributed by atoms with E-state index in [1.807, 2.05) is 111 Å². The zero-order chi connectivity index (χ0) is 47.3. The van der Waals surface area contributed by atoms with Crippen molar-refractivity contribution in [3.8, 4) is 89.7 Å². The molecule has 65 heavy (non-hydrogen) atoms. The van der Waals surface area contributed by atoms with E-state index in [-0.39, 0.29) is 16.7 Å². The number of rotatable bonds is 8. The summed E-state index contributed by atoms with van der Waals surface area (Å²) in [6.07, 6.45) is 1.88. The molecule has 0 amide bonds. The number of para-hydroxylation sites is 1. The fourth-order valence-electron chi connectivity index (χ4n) is 8.98. The fraction of sp³-hybridized carbons (Fsp3) is 0.115. The molecule has 2 aromatic heterocycles. The largest absolute Gasteiger partial charge is 0.507 e. The average Bonchev–Trinajstić information content (AvgIpc) is 3.74. The lowest BCUT2D eigenvalue weighted by molar-refractivity contribution is 0.472. The monoisotopic (exact) mass is 844 g/mol. The highest BCUT2D eigenvalue weighted by molar-refractivity contribution is 5.98. The van der Waals surface area contributed by atoms with E-state index in [1.165, 1.54) is 11.1 Å². The molecule has 4 heteroatoms. The Kier molecular flexibility index (Phi) is 9.69. The van der Waals surface area contributed by atoms with Crippen LogP contribution in [0, 0.1) is 20.7 Å². The number of pyridine rings is 1. The molecule has 316 valence electrons. The average molecular weight is 845 g/mol.